The fourth-order valence-corrected chi connectivity index (χ4v) is 3.55. The van der Waals surface area contributed by atoms with Crippen molar-refractivity contribution in [2.45, 2.75) is 76.7 Å². The Morgan fingerprint density at radius 2 is 1.71 bits per heavy atom. The second kappa shape index (κ2) is 14.4. The van der Waals surface area contributed by atoms with Crippen LogP contribution in [0.1, 0.15) is 70.6 Å². The van der Waals surface area contributed by atoms with Crippen molar-refractivity contribution < 1.29 is 23.4 Å². The van der Waals surface area contributed by atoms with Crippen LogP contribution in [0, 0.1) is 0 Å². The van der Waals surface area contributed by atoms with Gasteiger partial charge in [0.2, 0.25) is 10.0 Å². The van der Waals surface area contributed by atoms with Gasteiger partial charge in [-0.3, -0.25) is 4.79 Å². The summed E-state index contributed by atoms with van der Waals surface area (Å²) in [6, 6.07) is 0. The zero-order chi connectivity index (χ0) is 18.3. The highest BCUT2D eigenvalue weighted by Gasteiger charge is 2.10. The minimum atomic E-state index is -3.25. The van der Waals surface area contributed by atoms with Crippen LogP contribution in [0.25, 0.3) is 0 Å². The molecular weight excluding hydrogens is 330 g/mol. The predicted molar refractivity (Wildman–Crippen MR) is 96.4 cm³/mol. The summed E-state index contributed by atoms with van der Waals surface area (Å²) in [7, 11) is -3.25. The fraction of sp³-hybridized carbons (Fsp3) is 0.824. The lowest BCUT2D eigenvalue weighted by molar-refractivity contribution is -0.137. The molecule has 3 N–H and O–H groups in total. The van der Waals surface area contributed by atoms with Gasteiger partial charge in [0.1, 0.15) is 0 Å². The first-order valence-electron chi connectivity index (χ1n) is 8.85. The van der Waals surface area contributed by atoms with Gasteiger partial charge in [-0.2, -0.15) is 0 Å². The third-order valence-corrected chi connectivity index (χ3v) is 5.26. The molecule has 24 heavy (non-hydrogen) atoms. The van der Waals surface area contributed by atoms with Gasteiger partial charge >= 0.3 is 5.97 Å². The third-order valence-electron chi connectivity index (χ3n) is 3.79. The van der Waals surface area contributed by atoms with Crippen molar-refractivity contribution in [2.75, 3.05) is 12.3 Å². The quantitative estimate of drug-likeness (QED) is 0.272. The zero-order valence-corrected chi connectivity index (χ0v) is 15.4. The predicted octanol–water partition coefficient (Wildman–Crippen LogP) is 2.83. The Labute approximate surface area is 146 Å². The Hall–Kier alpha value is -0.920. The molecule has 0 aliphatic rings. The standard InChI is InChI=1S/C17H33NO5S/c1-2-3-6-11-16(19)12-8-10-15-24(22,23)18-14-9-5-4-7-13-17(20)21/h2,16,18-19H,1,3-15H2,(H,20,21). The van der Waals surface area contributed by atoms with Crippen LogP contribution in [-0.2, 0) is 14.8 Å². The number of sulfonamides is 1. The molecule has 0 aromatic rings. The fourth-order valence-electron chi connectivity index (χ4n) is 2.37. The van der Waals surface area contributed by atoms with Gasteiger partial charge in [0.05, 0.1) is 11.9 Å². The van der Waals surface area contributed by atoms with Gasteiger partial charge in [0.15, 0.2) is 0 Å². The Morgan fingerprint density at radius 1 is 1.04 bits per heavy atom. The van der Waals surface area contributed by atoms with Crippen LogP contribution in [0.4, 0.5) is 0 Å². The summed E-state index contributed by atoms with van der Waals surface area (Å²) in [6.45, 7) is 4.04. The number of rotatable bonds is 17. The van der Waals surface area contributed by atoms with Gasteiger partial charge in [0.25, 0.3) is 0 Å². The van der Waals surface area contributed by atoms with Crippen molar-refractivity contribution in [1.29, 1.82) is 0 Å². The highest BCUT2D eigenvalue weighted by Crippen LogP contribution is 2.09. The van der Waals surface area contributed by atoms with Gasteiger partial charge in [-0.15, -0.1) is 6.58 Å². The number of aliphatic hydroxyl groups is 1. The van der Waals surface area contributed by atoms with E-state index in [1.54, 1.807) is 0 Å². The second-order valence-electron chi connectivity index (χ2n) is 6.14. The summed E-state index contributed by atoms with van der Waals surface area (Å²) < 4.78 is 26.2. The van der Waals surface area contributed by atoms with E-state index in [0.29, 0.717) is 32.2 Å². The van der Waals surface area contributed by atoms with Crippen molar-refractivity contribution in [3.8, 4) is 0 Å². The molecule has 0 rings (SSSR count). The summed E-state index contributed by atoms with van der Waals surface area (Å²) in [5.41, 5.74) is 0. The maximum atomic E-state index is 11.8. The van der Waals surface area contributed by atoms with E-state index in [4.69, 9.17) is 5.11 Å². The van der Waals surface area contributed by atoms with E-state index in [2.05, 4.69) is 11.3 Å². The van der Waals surface area contributed by atoms with Gasteiger partial charge in [-0.25, -0.2) is 13.1 Å². The molecule has 0 fully saturated rings. The molecule has 6 nitrogen and oxygen atoms in total. The normalized spacial score (nSPS) is 12.9. The number of unbranched alkanes of at least 4 members (excludes halogenated alkanes) is 5. The minimum Gasteiger partial charge on any atom is -0.481 e. The monoisotopic (exact) mass is 363 g/mol. The molecule has 0 bridgehead atoms. The highest BCUT2D eigenvalue weighted by atomic mass is 32.2. The molecule has 142 valence electrons. The SMILES string of the molecule is C=CCCCC(O)CCCCS(=O)(=O)NCCCCCCC(=O)O. The van der Waals surface area contributed by atoms with E-state index in [1.807, 2.05) is 6.08 Å². The Balaban J connectivity index is 3.57. The first kappa shape index (κ1) is 23.1. The molecule has 0 saturated heterocycles. The molecule has 0 aromatic heterocycles. The first-order chi connectivity index (χ1) is 11.4. The minimum absolute atomic E-state index is 0.0887. The number of carboxylic acid groups (broad SMARTS) is 1. The number of hydrogen-bond acceptors (Lipinski definition) is 4. The highest BCUT2D eigenvalue weighted by molar-refractivity contribution is 7.89. The average molecular weight is 364 g/mol. The zero-order valence-electron chi connectivity index (χ0n) is 14.6. The molecule has 1 atom stereocenters. The molecule has 7 heteroatoms. The number of aliphatic carboxylic acids is 1. The summed E-state index contributed by atoms with van der Waals surface area (Å²) >= 11 is 0. The van der Waals surface area contributed by atoms with Crippen LogP contribution in [0.3, 0.4) is 0 Å². The van der Waals surface area contributed by atoms with Crippen LogP contribution in [-0.4, -0.2) is 43.0 Å². The van der Waals surface area contributed by atoms with Crippen LogP contribution in [0.15, 0.2) is 12.7 Å². The number of carboxylic acids is 1. The number of allylic oxidation sites excluding steroid dienone is 1. The summed E-state index contributed by atoms with van der Waals surface area (Å²) in [4.78, 5) is 10.3. The van der Waals surface area contributed by atoms with Crippen molar-refractivity contribution >= 4 is 16.0 Å². The molecule has 0 radical (unpaired) electrons. The number of nitrogens with one attached hydrogen (secondary N) is 1. The molecule has 0 spiro atoms. The summed E-state index contributed by atoms with van der Waals surface area (Å²) in [5.74, 6) is -0.702. The molecule has 0 aliphatic heterocycles. The van der Waals surface area contributed by atoms with Gasteiger partial charge in [0, 0.05) is 13.0 Å². The number of aliphatic hydroxyl groups excluding tert-OH is 1. The molecule has 0 heterocycles. The van der Waals surface area contributed by atoms with Crippen molar-refractivity contribution in [3.63, 3.8) is 0 Å². The topological polar surface area (TPSA) is 104 Å². The lowest BCUT2D eigenvalue weighted by Crippen LogP contribution is -2.27. The van der Waals surface area contributed by atoms with Crippen molar-refractivity contribution in [2.24, 2.45) is 0 Å². The third kappa shape index (κ3) is 16.0. The number of hydrogen-bond donors (Lipinski definition) is 3. The van der Waals surface area contributed by atoms with Crippen molar-refractivity contribution in [3.05, 3.63) is 12.7 Å². The Kier molecular flexibility index (Phi) is 13.9. The second-order valence-corrected chi connectivity index (χ2v) is 8.07. The van der Waals surface area contributed by atoms with E-state index in [9.17, 15) is 18.3 Å². The maximum Gasteiger partial charge on any atom is 0.303 e. The summed E-state index contributed by atoms with van der Waals surface area (Å²) in [5, 5.41) is 18.3. The van der Waals surface area contributed by atoms with E-state index in [0.717, 1.165) is 38.5 Å². The molecule has 0 amide bonds. The Bertz CT molecular complexity index is 436. The van der Waals surface area contributed by atoms with Crippen molar-refractivity contribution in [1.82, 2.24) is 4.72 Å². The molecule has 0 aromatic carbocycles. The molecule has 1 unspecified atom stereocenters. The van der Waals surface area contributed by atoms with Crippen LogP contribution in [0.2, 0.25) is 0 Å². The lowest BCUT2D eigenvalue weighted by Gasteiger charge is -2.10. The van der Waals surface area contributed by atoms with Crippen LogP contribution < -0.4 is 4.72 Å². The van der Waals surface area contributed by atoms with Gasteiger partial charge in [-0.05, 0) is 51.4 Å². The lowest BCUT2D eigenvalue weighted by atomic mass is 10.1. The maximum absolute atomic E-state index is 11.8. The van der Waals surface area contributed by atoms with E-state index >= 15 is 0 Å². The van der Waals surface area contributed by atoms with Crippen LogP contribution >= 0.6 is 0 Å². The van der Waals surface area contributed by atoms with E-state index in [-0.39, 0.29) is 18.3 Å². The largest absolute Gasteiger partial charge is 0.481 e. The molecule has 0 aliphatic carbocycles. The first-order valence-corrected chi connectivity index (χ1v) is 10.5. The number of carbonyl (C=O) groups is 1. The van der Waals surface area contributed by atoms with E-state index < -0.39 is 16.0 Å². The van der Waals surface area contributed by atoms with Crippen LogP contribution in [0.5, 0.6) is 0 Å². The van der Waals surface area contributed by atoms with Gasteiger partial charge < -0.3 is 10.2 Å². The molecular formula is C17H33NO5S. The van der Waals surface area contributed by atoms with E-state index in [1.165, 1.54) is 0 Å². The summed E-state index contributed by atoms with van der Waals surface area (Å²) in [6.07, 6.45) is 9.06. The Morgan fingerprint density at radius 3 is 2.38 bits per heavy atom. The molecule has 0 saturated carbocycles. The smallest absolute Gasteiger partial charge is 0.303 e. The van der Waals surface area contributed by atoms with Gasteiger partial charge in [-0.1, -0.05) is 18.9 Å². The average Bonchev–Trinajstić information content (AvgIpc) is 2.50.